The van der Waals surface area contributed by atoms with Gasteiger partial charge in [0.2, 0.25) is 0 Å². The third-order valence-corrected chi connectivity index (χ3v) is 3.00. The van der Waals surface area contributed by atoms with Crippen LogP contribution >= 0.6 is 0 Å². The van der Waals surface area contributed by atoms with Crippen LogP contribution in [0.5, 0.6) is 0 Å². The standard InChI is InChI=1S/C14H11F4NO/c1-8-6-12(13(20)14(16,17)18)9(2)19(8)11-5-3-4-10(15)7-11/h3-7H,1-2H3. The topological polar surface area (TPSA) is 22.0 Å². The quantitative estimate of drug-likeness (QED) is 0.604. The second kappa shape index (κ2) is 4.77. The molecular weight excluding hydrogens is 274 g/mol. The van der Waals surface area contributed by atoms with Crippen molar-refractivity contribution in [1.29, 1.82) is 0 Å². The van der Waals surface area contributed by atoms with Gasteiger partial charge in [0.15, 0.2) is 0 Å². The molecule has 2 nitrogen and oxygen atoms in total. The highest BCUT2D eigenvalue weighted by atomic mass is 19.4. The van der Waals surface area contributed by atoms with Gasteiger partial charge in [0.25, 0.3) is 5.78 Å². The molecule has 0 bridgehead atoms. The van der Waals surface area contributed by atoms with Crippen molar-refractivity contribution in [2.75, 3.05) is 0 Å². The van der Waals surface area contributed by atoms with E-state index >= 15 is 0 Å². The minimum absolute atomic E-state index is 0.135. The largest absolute Gasteiger partial charge is 0.454 e. The predicted molar refractivity (Wildman–Crippen MR) is 65.6 cm³/mol. The van der Waals surface area contributed by atoms with Crippen molar-refractivity contribution in [3.63, 3.8) is 0 Å². The van der Waals surface area contributed by atoms with E-state index in [4.69, 9.17) is 0 Å². The summed E-state index contributed by atoms with van der Waals surface area (Å²) in [6.45, 7) is 2.96. The van der Waals surface area contributed by atoms with Crippen LogP contribution < -0.4 is 0 Å². The third-order valence-electron chi connectivity index (χ3n) is 3.00. The van der Waals surface area contributed by atoms with Crippen LogP contribution in [-0.4, -0.2) is 16.5 Å². The number of halogens is 4. The average molecular weight is 285 g/mol. The summed E-state index contributed by atoms with van der Waals surface area (Å²) in [5.41, 5.74) is 0.525. The second-order valence-electron chi connectivity index (χ2n) is 4.43. The smallest absolute Gasteiger partial charge is 0.318 e. The highest BCUT2D eigenvalue weighted by Gasteiger charge is 2.41. The van der Waals surface area contributed by atoms with Gasteiger partial charge in [0.1, 0.15) is 5.82 Å². The Hall–Kier alpha value is -2.11. The molecule has 0 radical (unpaired) electrons. The number of Topliss-reactive ketones (excluding diaryl/α,β-unsaturated/α-hetero) is 1. The molecule has 0 saturated carbocycles. The minimum Gasteiger partial charge on any atom is -0.318 e. The average Bonchev–Trinajstić information content (AvgIpc) is 2.62. The van der Waals surface area contributed by atoms with Crippen molar-refractivity contribution in [3.8, 4) is 5.69 Å². The second-order valence-corrected chi connectivity index (χ2v) is 4.43. The van der Waals surface area contributed by atoms with Crippen LogP contribution in [-0.2, 0) is 0 Å². The maximum absolute atomic E-state index is 13.2. The number of ketones is 1. The lowest BCUT2D eigenvalue weighted by atomic mass is 10.1. The zero-order valence-electron chi connectivity index (χ0n) is 10.8. The molecule has 0 amide bonds. The van der Waals surface area contributed by atoms with Crippen LogP contribution in [0.2, 0.25) is 0 Å². The van der Waals surface area contributed by atoms with Gasteiger partial charge in [-0.1, -0.05) is 6.07 Å². The molecule has 1 aromatic heterocycles. The maximum Gasteiger partial charge on any atom is 0.454 e. The summed E-state index contributed by atoms with van der Waals surface area (Å²) in [6.07, 6.45) is -4.93. The Morgan fingerprint density at radius 3 is 2.35 bits per heavy atom. The van der Waals surface area contributed by atoms with Crippen LogP contribution in [0.15, 0.2) is 30.3 Å². The molecule has 106 valence electrons. The molecule has 0 saturated heterocycles. The Balaban J connectivity index is 2.58. The Morgan fingerprint density at radius 2 is 1.80 bits per heavy atom. The monoisotopic (exact) mass is 285 g/mol. The number of nitrogens with zero attached hydrogens (tertiary/aromatic N) is 1. The van der Waals surface area contributed by atoms with Crippen molar-refractivity contribution in [3.05, 3.63) is 53.1 Å². The number of hydrogen-bond acceptors (Lipinski definition) is 1. The zero-order valence-corrected chi connectivity index (χ0v) is 10.8. The van der Waals surface area contributed by atoms with Crippen LogP contribution in [0.25, 0.3) is 5.69 Å². The SMILES string of the molecule is Cc1cc(C(=O)C(F)(F)F)c(C)n1-c1cccc(F)c1. The summed E-state index contributed by atoms with van der Waals surface area (Å²) < 4.78 is 52.1. The van der Waals surface area contributed by atoms with Crippen molar-refractivity contribution in [2.24, 2.45) is 0 Å². The van der Waals surface area contributed by atoms with Crippen molar-refractivity contribution in [2.45, 2.75) is 20.0 Å². The summed E-state index contributed by atoms with van der Waals surface area (Å²) >= 11 is 0. The molecule has 0 unspecified atom stereocenters. The van der Waals surface area contributed by atoms with Gasteiger partial charge in [-0.3, -0.25) is 4.79 Å². The number of alkyl halides is 3. The first-order valence-corrected chi connectivity index (χ1v) is 5.78. The normalized spacial score (nSPS) is 11.7. The first kappa shape index (κ1) is 14.3. The molecular formula is C14H11F4NO. The predicted octanol–water partition coefficient (Wildman–Crippen LogP) is 3.98. The molecule has 0 N–H and O–H groups in total. The number of carbonyl (C=O) groups excluding carboxylic acids is 1. The van der Waals surface area contributed by atoms with Gasteiger partial charge in [-0.2, -0.15) is 13.2 Å². The van der Waals surface area contributed by atoms with Crippen molar-refractivity contribution < 1.29 is 22.4 Å². The first-order chi connectivity index (χ1) is 9.21. The highest BCUT2D eigenvalue weighted by molar-refractivity contribution is 6.01. The van der Waals surface area contributed by atoms with Gasteiger partial charge in [0, 0.05) is 22.6 Å². The van der Waals surface area contributed by atoms with E-state index in [1.54, 1.807) is 13.0 Å². The fraction of sp³-hybridized carbons (Fsp3) is 0.214. The lowest BCUT2D eigenvalue weighted by Crippen LogP contribution is -2.23. The highest BCUT2D eigenvalue weighted by Crippen LogP contribution is 2.27. The van der Waals surface area contributed by atoms with Crippen LogP contribution in [0.4, 0.5) is 17.6 Å². The van der Waals surface area contributed by atoms with E-state index < -0.39 is 23.3 Å². The molecule has 0 atom stereocenters. The molecule has 0 aliphatic heterocycles. The van der Waals surface area contributed by atoms with Gasteiger partial charge >= 0.3 is 6.18 Å². The number of carbonyl (C=O) groups is 1. The van der Waals surface area contributed by atoms with E-state index in [-0.39, 0.29) is 5.69 Å². The molecule has 1 aromatic carbocycles. The number of hydrogen-bond donors (Lipinski definition) is 0. The van der Waals surface area contributed by atoms with Gasteiger partial charge in [-0.05, 0) is 38.1 Å². The number of aromatic nitrogens is 1. The molecule has 2 rings (SSSR count). The van der Waals surface area contributed by atoms with Crippen LogP contribution in [0, 0.1) is 19.7 Å². The van der Waals surface area contributed by atoms with Crippen molar-refractivity contribution in [1.82, 2.24) is 4.57 Å². The summed E-state index contributed by atoms with van der Waals surface area (Å²) in [4.78, 5) is 11.3. The Bertz CT molecular complexity index is 670. The fourth-order valence-corrected chi connectivity index (χ4v) is 2.16. The van der Waals surface area contributed by atoms with E-state index in [1.807, 2.05) is 0 Å². The number of benzene rings is 1. The Morgan fingerprint density at radius 1 is 1.15 bits per heavy atom. The molecule has 0 aliphatic rings. The molecule has 1 heterocycles. The number of rotatable bonds is 2. The summed E-state index contributed by atoms with van der Waals surface area (Å²) in [5.74, 6) is -2.40. The molecule has 2 aromatic rings. The lowest BCUT2D eigenvalue weighted by Gasteiger charge is -2.10. The summed E-state index contributed by atoms with van der Waals surface area (Å²) in [6, 6.07) is 6.61. The van der Waals surface area contributed by atoms with Gasteiger partial charge in [-0.15, -0.1) is 0 Å². The summed E-state index contributed by atoms with van der Waals surface area (Å²) in [5, 5.41) is 0. The molecule has 0 fully saturated rings. The van der Waals surface area contributed by atoms with E-state index in [9.17, 15) is 22.4 Å². The molecule has 0 spiro atoms. The van der Waals surface area contributed by atoms with Gasteiger partial charge in [-0.25, -0.2) is 4.39 Å². The molecule has 6 heteroatoms. The lowest BCUT2D eigenvalue weighted by molar-refractivity contribution is -0.0885. The van der Waals surface area contributed by atoms with E-state index in [0.717, 1.165) is 6.07 Å². The number of aryl methyl sites for hydroxylation is 1. The van der Waals surface area contributed by atoms with E-state index in [1.165, 1.54) is 29.7 Å². The van der Waals surface area contributed by atoms with Gasteiger partial charge < -0.3 is 4.57 Å². The van der Waals surface area contributed by atoms with Crippen LogP contribution in [0.3, 0.4) is 0 Å². The first-order valence-electron chi connectivity index (χ1n) is 5.78. The Labute approximate surface area is 112 Å². The van der Waals surface area contributed by atoms with Crippen LogP contribution in [0.1, 0.15) is 21.7 Å². The van der Waals surface area contributed by atoms with Crippen molar-refractivity contribution >= 4 is 5.78 Å². The van der Waals surface area contributed by atoms with E-state index in [2.05, 4.69) is 0 Å². The zero-order chi connectivity index (χ0) is 15.1. The Kier molecular flexibility index (Phi) is 3.41. The summed E-state index contributed by atoms with van der Waals surface area (Å²) in [7, 11) is 0. The maximum atomic E-state index is 13.2. The minimum atomic E-state index is -4.93. The molecule has 0 aliphatic carbocycles. The fourth-order valence-electron chi connectivity index (χ4n) is 2.16. The molecule has 20 heavy (non-hydrogen) atoms. The third kappa shape index (κ3) is 2.45. The van der Waals surface area contributed by atoms with Gasteiger partial charge in [0.05, 0.1) is 0 Å². The van der Waals surface area contributed by atoms with E-state index in [0.29, 0.717) is 11.4 Å².